The summed E-state index contributed by atoms with van der Waals surface area (Å²) >= 11 is 0. The summed E-state index contributed by atoms with van der Waals surface area (Å²) in [6, 6.07) is 59.0. The highest BCUT2D eigenvalue weighted by atomic mass is 16.3. The van der Waals surface area contributed by atoms with Crippen molar-refractivity contribution < 1.29 is 7.85 Å². The summed E-state index contributed by atoms with van der Waals surface area (Å²) in [5, 5.41) is 11.8. The molecule has 1 fully saturated rings. The average molecular weight is 864 g/mol. The lowest BCUT2D eigenvalue weighted by atomic mass is 9.84. The third kappa shape index (κ3) is 8.61. The van der Waals surface area contributed by atoms with Gasteiger partial charge in [-0.3, -0.25) is 9.55 Å². The highest BCUT2D eigenvalue weighted by Crippen LogP contribution is 2.43. The Kier molecular flexibility index (Phi) is 10.7. The van der Waals surface area contributed by atoms with Crippen LogP contribution in [-0.2, 0) is 17.2 Å². The van der Waals surface area contributed by atoms with Crippen LogP contribution in [-0.4, -0.2) is 19.6 Å². The lowest BCUT2D eigenvalue weighted by Gasteiger charge is -2.23. The number of rotatable bonds is 9. The number of nitrogens with zero attached hydrogens (tertiary/aromatic N) is 3. The van der Waals surface area contributed by atoms with E-state index in [1.54, 1.807) is 6.07 Å². The van der Waals surface area contributed by atoms with Crippen molar-refractivity contribution >= 4 is 11.0 Å². The molecule has 2 aromatic heterocycles. The molecule has 4 nitrogen and oxygen atoms in total. The molecule has 0 bridgehead atoms. The molecule has 0 atom stereocenters. The van der Waals surface area contributed by atoms with Crippen LogP contribution in [0.15, 0.2) is 176 Å². The first-order valence-electron chi connectivity index (χ1n) is 24.5. The lowest BCUT2D eigenvalue weighted by molar-refractivity contribution is 0.475. The number of pyridine rings is 1. The van der Waals surface area contributed by atoms with Crippen LogP contribution >= 0.6 is 0 Å². The van der Waals surface area contributed by atoms with E-state index in [9.17, 15) is 5.11 Å². The molecule has 0 aliphatic heterocycles. The fraction of sp³-hybridized carbons (Fsp3) is 0.226. The molecule has 0 amide bonds. The Balaban J connectivity index is 1.17. The molecule has 10 rings (SSSR count). The minimum Gasteiger partial charge on any atom is -0.507 e. The number of imidazole rings is 1. The highest BCUT2D eigenvalue weighted by molar-refractivity contribution is 5.98. The first kappa shape index (κ1) is 40.5. The van der Waals surface area contributed by atoms with Crippen LogP contribution in [0, 0.1) is 5.92 Å². The van der Waals surface area contributed by atoms with Crippen LogP contribution in [0.25, 0.3) is 83.9 Å². The van der Waals surface area contributed by atoms with Gasteiger partial charge >= 0.3 is 0 Å². The van der Waals surface area contributed by atoms with Crippen LogP contribution < -0.4 is 0 Å². The van der Waals surface area contributed by atoms with Crippen LogP contribution in [0.3, 0.4) is 0 Å². The third-order valence-electron chi connectivity index (χ3n) is 13.3. The summed E-state index contributed by atoms with van der Waals surface area (Å²) in [7, 11) is 0. The van der Waals surface area contributed by atoms with Crippen molar-refractivity contribution in [2.45, 2.75) is 84.4 Å². The summed E-state index contributed by atoms with van der Waals surface area (Å²) in [5.74, 6) is 0.898. The molecular weight excluding hydrogens is 803 g/mol. The van der Waals surface area contributed by atoms with Gasteiger partial charge in [0.1, 0.15) is 11.6 Å². The Bertz CT molecular complexity index is 3280. The minimum absolute atomic E-state index is 0.0664. The number of aromatic hydroxyl groups is 1. The van der Waals surface area contributed by atoms with Crippen molar-refractivity contribution in [3.05, 3.63) is 193 Å². The topological polar surface area (TPSA) is 50.9 Å². The summed E-state index contributed by atoms with van der Waals surface area (Å²) in [6.07, 6.45) is 4.62. The van der Waals surface area contributed by atoms with Gasteiger partial charge in [-0.15, -0.1) is 0 Å². The second-order valence-corrected chi connectivity index (χ2v) is 20.1. The number of phenolic OH excluding ortho intramolecular Hbond substituents is 1. The van der Waals surface area contributed by atoms with E-state index in [-0.39, 0.29) is 22.5 Å². The van der Waals surface area contributed by atoms with Crippen molar-refractivity contribution in [1.82, 2.24) is 14.5 Å². The summed E-state index contributed by atoms with van der Waals surface area (Å²) in [5.41, 5.74) is 16.3. The van der Waals surface area contributed by atoms with Crippen LogP contribution in [0.5, 0.6) is 5.75 Å². The van der Waals surface area contributed by atoms with E-state index in [2.05, 4.69) is 180 Å². The normalized spacial score (nSPS) is 14.1. The van der Waals surface area contributed by atoms with Crippen molar-refractivity contribution in [2.24, 2.45) is 5.92 Å². The van der Waals surface area contributed by atoms with Gasteiger partial charge in [-0.25, -0.2) is 4.98 Å². The maximum Gasteiger partial charge on any atom is 0.149 e. The SMILES string of the molecule is [2H]C([2H])(c1ccc(-c2ccnc(-c3cc(-c4ccccc4)cc(-c4cccc5c4nc(-c4cc(C(C)(C)C)ccc4O)n5-c4ccc(C(C)(C)C)cc4-c4ccccc4)c3)c2)cc1)C1CCCC1. The number of hydrogen-bond acceptors (Lipinski definition) is 3. The van der Waals surface area contributed by atoms with E-state index < -0.39 is 6.37 Å². The first-order chi connectivity index (χ1) is 32.6. The van der Waals surface area contributed by atoms with Gasteiger partial charge in [0.25, 0.3) is 0 Å². The van der Waals surface area contributed by atoms with E-state index in [0.717, 1.165) is 109 Å². The van der Waals surface area contributed by atoms with Gasteiger partial charge in [0.15, 0.2) is 0 Å². The maximum atomic E-state index is 11.8. The zero-order chi connectivity index (χ0) is 47.4. The van der Waals surface area contributed by atoms with E-state index in [4.69, 9.17) is 12.7 Å². The van der Waals surface area contributed by atoms with Crippen molar-refractivity contribution in [2.75, 3.05) is 0 Å². The molecule has 1 aliphatic carbocycles. The predicted octanol–water partition coefficient (Wildman–Crippen LogP) is 16.5. The molecule has 66 heavy (non-hydrogen) atoms. The van der Waals surface area contributed by atoms with Gasteiger partial charge in [-0.1, -0.05) is 176 Å². The second-order valence-electron chi connectivity index (χ2n) is 20.1. The molecule has 1 N–H and O–H groups in total. The van der Waals surface area contributed by atoms with E-state index in [1.807, 2.05) is 36.5 Å². The largest absolute Gasteiger partial charge is 0.507 e. The molecule has 0 spiro atoms. The Morgan fingerprint density at radius 1 is 0.545 bits per heavy atom. The third-order valence-corrected chi connectivity index (χ3v) is 13.3. The van der Waals surface area contributed by atoms with Crippen molar-refractivity contribution in [3.63, 3.8) is 0 Å². The molecule has 0 unspecified atom stereocenters. The molecule has 2 heterocycles. The van der Waals surface area contributed by atoms with Crippen molar-refractivity contribution in [1.29, 1.82) is 0 Å². The molecule has 9 aromatic rings. The molecule has 328 valence electrons. The molecular formula is C62H59N3O. The zero-order valence-corrected chi connectivity index (χ0v) is 38.9. The van der Waals surface area contributed by atoms with Crippen LogP contribution in [0.2, 0.25) is 0 Å². The van der Waals surface area contributed by atoms with E-state index in [0.29, 0.717) is 11.4 Å². The Morgan fingerprint density at radius 3 is 1.86 bits per heavy atom. The number of para-hydroxylation sites is 1. The van der Waals surface area contributed by atoms with Crippen LogP contribution in [0.4, 0.5) is 0 Å². The lowest BCUT2D eigenvalue weighted by Crippen LogP contribution is -2.12. The molecule has 1 saturated carbocycles. The first-order valence-corrected chi connectivity index (χ1v) is 23.5. The predicted molar refractivity (Wildman–Crippen MR) is 276 cm³/mol. The second kappa shape index (κ2) is 17.4. The van der Waals surface area contributed by atoms with E-state index in [1.165, 1.54) is 5.56 Å². The van der Waals surface area contributed by atoms with Gasteiger partial charge in [0.05, 0.1) is 28.0 Å². The Hall–Kier alpha value is -7.04. The maximum absolute atomic E-state index is 11.8. The number of benzene rings is 7. The van der Waals surface area contributed by atoms with Gasteiger partial charge in [-0.2, -0.15) is 0 Å². The molecule has 0 saturated heterocycles. The fourth-order valence-corrected chi connectivity index (χ4v) is 9.55. The summed E-state index contributed by atoms with van der Waals surface area (Å²) in [4.78, 5) is 10.6. The number of aromatic nitrogens is 3. The summed E-state index contributed by atoms with van der Waals surface area (Å²) < 4.78 is 20.2. The van der Waals surface area contributed by atoms with Gasteiger partial charge in [0.2, 0.25) is 0 Å². The number of phenols is 1. The zero-order valence-electron chi connectivity index (χ0n) is 40.9. The Labute approximate surface area is 393 Å². The van der Waals surface area contributed by atoms with E-state index >= 15 is 0 Å². The fourth-order valence-electron chi connectivity index (χ4n) is 9.55. The minimum atomic E-state index is -1.34. The molecule has 0 radical (unpaired) electrons. The standard InChI is InChI=1S/C62H59N3O/c1-61(2,3)50-28-30-56(53(39-50)45-20-11-8-12-21-45)65-57-23-15-22-52(59(57)64-60(65)54-40-51(62(4,5)6)29-31-58(54)66)48-35-47(43-18-9-7-10-19-43)36-49(37-48)55-38-46(32-33-63-55)44-26-24-42(25-27-44)34-41-16-13-14-17-41/h7-12,15,18-33,35-41,66H,13-14,16-17,34H2,1-6H3/i34D2. The number of fused-ring (bicyclic) bond motifs is 1. The smallest absolute Gasteiger partial charge is 0.149 e. The van der Waals surface area contributed by atoms with Gasteiger partial charge in [0, 0.05) is 25.6 Å². The molecule has 4 heteroatoms. The highest BCUT2D eigenvalue weighted by Gasteiger charge is 2.26. The monoisotopic (exact) mass is 863 g/mol. The Morgan fingerprint density at radius 2 is 1.17 bits per heavy atom. The average Bonchev–Trinajstić information content (AvgIpc) is 4.04. The quantitative estimate of drug-likeness (QED) is 0.157. The van der Waals surface area contributed by atoms with Gasteiger partial charge < -0.3 is 5.11 Å². The van der Waals surface area contributed by atoms with Crippen molar-refractivity contribution in [3.8, 4) is 78.6 Å². The van der Waals surface area contributed by atoms with Crippen LogP contribution in [0.1, 0.15) is 86.7 Å². The molecule has 1 aliphatic rings. The molecule has 7 aromatic carbocycles. The number of hydrogen-bond donors (Lipinski definition) is 1. The van der Waals surface area contributed by atoms with Gasteiger partial charge in [-0.05, 0) is 134 Å². The summed E-state index contributed by atoms with van der Waals surface area (Å²) in [6.45, 7) is 13.3.